The summed E-state index contributed by atoms with van der Waals surface area (Å²) in [5.74, 6) is 0.675. The minimum atomic E-state index is 0.0970. The average Bonchev–Trinajstić information content (AvgIpc) is 2.25. The summed E-state index contributed by atoms with van der Waals surface area (Å²) < 4.78 is 0. The Labute approximate surface area is 119 Å². The van der Waals surface area contributed by atoms with E-state index in [0.717, 1.165) is 13.1 Å². The fourth-order valence-corrected chi connectivity index (χ4v) is 2.55. The first-order valence-corrected chi connectivity index (χ1v) is 7.37. The molecular weight excluding hydrogens is 232 g/mol. The lowest BCUT2D eigenvalue weighted by molar-refractivity contribution is 0.186. The highest BCUT2D eigenvalue weighted by Gasteiger charge is 2.16. The van der Waals surface area contributed by atoms with Gasteiger partial charge < -0.3 is 5.73 Å². The Morgan fingerprint density at radius 3 is 1.89 bits per heavy atom. The van der Waals surface area contributed by atoms with Crippen molar-refractivity contribution in [3.8, 4) is 0 Å². The molecule has 2 N–H and O–H groups in total. The van der Waals surface area contributed by atoms with E-state index >= 15 is 0 Å². The van der Waals surface area contributed by atoms with Gasteiger partial charge in [0.2, 0.25) is 0 Å². The lowest BCUT2D eigenvalue weighted by Crippen LogP contribution is -2.39. The summed E-state index contributed by atoms with van der Waals surface area (Å²) >= 11 is 0. The third kappa shape index (κ3) is 5.33. The Balaban J connectivity index is 2.78. The molecule has 1 unspecified atom stereocenters. The molecule has 0 bridgehead atoms. The third-order valence-corrected chi connectivity index (χ3v) is 3.43. The number of hydrogen-bond acceptors (Lipinski definition) is 2. The van der Waals surface area contributed by atoms with Gasteiger partial charge in [-0.2, -0.15) is 0 Å². The molecule has 0 aromatic heterocycles. The van der Waals surface area contributed by atoms with Crippen molar-refractivity contribution in [1.82, 2.24) is 4.90 Å². The summed E-state index contributed by atoms with van der Waals surface area (Å²) in [4.78, 5) is 2.48. The number of hydrogen-bond donors (Lipinski definition) is 1. The molecule has 0 amide bonds. The molecule has 2 nitrogen and oxygen atoms in total. The predicted octanol–water partition coefficient (Wildman–Crippen LogP) is 3.67. The Bertz CT molecular complexity index is 376. The Hall–Kier alpha value is -0.860. The van der Waals surface area contributed by atoms with Crippen molar-refractivity contribution in [2.45, 2.75) is 53.6 Å². The topological polar surface area (TPSA) is 29.3 Å². The zero-order valence-electron chi connectivity index (χ0n) is 13.4. The van der Waals surface area contributed by atoms with E-state index in [-0.39, 0.29) is 6.04 Å². The van der Waals surface area contributed by atoms with Crippen molar-refractivity contribution in [2.75, 3.05) is 13.1 Å². The molecule has 0 saturated heterocycles. The molecule has 1 aromatic carbocycles. The molecule has 0 fully saturated rings. The van der Waals surface area contributed by atoms with E-state index in [1.165, 1.54) is 16.7 Å². The summed E-state index contributed by atoms with van der Waals surface area (Å²) in [5.41, 5.74) is 10.3. The largest absolute Gasteiger partial charge is 0.323 e. The fourth-order valence-electron chi connectivity index (χ4n) is 2.55. The maximum absolute atomic E-state index is 6.41. The molecular formula is C17H30N2. The van der Waals surface area contributed by atoms with Crippen LogP contribution in [-0.2, 0) is 0 Å². The van der Waals surface area contributed by atoms with E-state index in [0.29, 0.717) is 12.0 Å². The number of nitrogens with two attached hydrogens (primary N) is 1. The number of nitrogens with zero attached hydrogens (tertiary/aromatic N) is 1. The Morgan fingerprint density at radius 1 is 0.947 bits per heavy atom. The minimum Gasteiger partial charge on any atom is -0.323 e. The van der Waals surface area contributed by atoms with Gasteiger partial charge in [-0.1, -0.05) is 43.2 Å². The van der Waals surface area contributed by atoms with Crippen molar-refractivity contribution in [1.29, 1.82) is 0 Å². The third-order valence-electron chi connectivity index (χ3n) is 3.43. The lowest BCUT2D eigenvalue weighted by Gasteiger charge is -2.31. The SMILES string of the molecule is Cc1cc(C)cc(C(N)CN(CC(C)C)C(C)C)c1. The van der Waals surface area contributed by atoms with E-state index in [9.17, 15) is 0 Å². The molecule has 0 aliphatic carbocycles. The lowest BCUT2D eigenvalue weighted by atomic mass is 10.0. The second-order valence-electron chi connectivity index (χ2n) is 6.47. The van der Waals surface area contributed by atoms with Gasteiger partial charge in [-0.05, 0) is 39.2 Å². The first-order valence-electron chi connectivity index (χ1n) is 7.37. The van der Waals surface area contributed by atoms with Crippen LogP contribution in [0.25, 0.3) is 0 Å². The first-order chi connectivity index (χ1) is 8.79. The maximum Gasteiger partial charge on any atom is 0.0424 e. The first kappa shape index (κ1) is 16.2. The van der Waals surface area contributed by atoms with Gasteiger partial charge in [-0.3, -0.25) is 4.90 Å². The van der Waals surface area contributed by atoms with Crippen molar-refractivity contribution in [2.24, 2.45) is 11.7 Å². The van der Waals surface area contributed by atoms with E-state index in [4.69, 9.17) is 5.73 Å². The normalized spacial score (nSPS) is 13.6. The predicted molar refractivity (Wildman–Crippen MR) is 84.4 cm³/mol. The van der Waals surface area contributed by atoms with Crippen LogP contribution in [0.2, 0.25) is 0 Å². The van der Waals surface area contributed by atoms with Crippen LogP contribution in [-0.4, -0.2) is 24.0 Å². The van der Waals surface area contributed by atoms with Crippen LogP contribution >= 0.6 is 0 Å². The van der Waals surface area contributed by atoms with Crippen LogP contribution in [0.3, 0.4) is 0 Å². The molecule has 2 heteroatoms. The zero-order valence-corrected chi connectivity index (χ0v) is 13.4. The minimum absolute atomic E-state index is 0.0970. The zero-order chi connectivity index (χ0) is 14.6. The van der Waals surface area contributed by atoms with Gasteiger partial charge >= 0.3 is 0 Å². The van der Waals surface area contributed by atoms with Crippen LogP contribution in [0, 0.1) is 19.8 Å². The fraction of sp³-hybridized carbons (Fsp3) is 0.647. The summed E-state index contributed by atoms with van der Waals surface area (Å²) in [6, 6.07) is 7.26. The molecule has 0 spiro atoms. The molecule has 0 radical (unpaired) electrons. The van der Waals surface area contributed by atoms with Crippen molar-refractivity contribution < 1.29 is 0 Å². The summed E-state index contributed by atoms with van der Waals surface area (Å²) in [7, 11) is 0. The molecule has 108 valence electrons. The highest BCUT2D eigenvalue weighted by molar-refractivity contribution is 5.30. The van der Waals surface area contributed by atoms with Gasteiger partial charge in [-0.15, -0.1) is 0 Å². The maximum atomic E-state index is 6.41. The number of benzene rings is 1. The molecule has 19 heavy (non-hydrogen) atoms. The van der Waals surface area contributed by atoms with Gasteiger partial charge in [0.15, 0.2) is 0 Å². The van der Waals surface area contributed by atoms with Crippen LogP contribution in [0.15, 0.2) is 18.2 Å². The highest BCUT2D eigenvalue weighted by Crippen LogP contribution is 2.18. The van der Waals surface area contributed by atoms with Crippen LogP contribution in [0.1, 0.15) is 50.4 Å². The monoisotopic (exact) mass is 262 g/mol. The van der Waals surface area contributed by atoms with Crippen LogP contribution < -0.4 is 5.73 Å². The van der Waals surface area contributed by atoms with E-state index in [1.807, 2.05) is 0 Å². The molecule has 0 saturated carbocycles. The summed E-state index contributed by atoms with van der Waals surface area (Å²) in [5, 5.41) is 0. The van der Waals surface area contributed by atoms with E-state index in [2.05, 4.69) is 64.6 Å². The molecule has 1 rings (SSSR count). The standard InChI is InChI=1S/C17H30N2/c1-12(2)10-19(13(3)4)11-17(18)16-8-14(5)7-15(6)9-16/h7-9,12-13,17H,10-11,18H2,1-6H3. The second kappa shape index (κ2) is 7.06. The van der Waals surface area contributed by atoms with E-state index in [1.54, 1.807) is 0 Å². The molecule has 0 aliphatic heterocycles. The second-order valence-corrected chi connectivity index (χ2v) is 6.47. The van der Waals surface area contributed by atoms with Gasteiger partial charge in [0.25, 0.3) is 0 Å². The van der Waals surface area contributed by atoms with E-state index < -0.39 is 0 Å². The van der Waals surface area contributed by atoms with Gasteiger partial charge in [0.05, 0.1) is 0 Å². The number of rotatable bonds is 6. The van der Waals surface area contributed by atoms with Crippen LogP contribution in [0.5, 0.6) is 0 Å². The van der Waals surface area contributed by atoms with Crippen molar-refractivity contribution in [3.63, 3.8) is 0 Å². The Morgan fingerprint density at radius 2 is 1.47 bits per heavy atom. The van der Waals surface area contributed by atoms with Crippen LogP contribution in [0.4, 0.5) is 0 Å². The molecule has 0 heterocycles. The van der Waals surface area contributed by atoms with Gasteiger partial charge in [0.1, 0.15) is 0 Å². The summed E-state index contributed by atoms with van der Waals surface area (Å²) in [6.45, 7) is 15.3. The molecule has 1 atom stereocenters. The number of aryl methyl sites for hydroxylation is 2. The van der Waals surface area contributed by atoms with Crippen molar-refractivity contribution >= 4 is 0 Å². The smallest absolute Gasteiger partial charge is 0.0424 e. The quantitative estimate of drug-likeness (QED) is 0.847. The van der Waals surface area contributed by atoms with Crippen molar-refractivity contribution in [3.05, 3.63) is 34.9 Å². The highest BCUT2D eigenvalue weighted by atomic mass is 15.2. The molecule has 1 aromatic rings. The summed E-state index contributed by atoms with van der Waals surface area (Å²) in [6.07, 6.45) is 0. The van der Waals surface area contributed by atoms with Gasteiger partial charge in [0, 0.05) is 25.2 Å². The average molecular weight is 262 g/mol. The molecule has 0 aliphatic rings. The van der Waals surface area contributed by atoms with Gasteiger partial charge in [-0.25, -0.2) is 0 Å². The Kier molecular flexibility index (Phi) is 6.02.